The number of halogens is 1. The maximum absolute atomic E-state index is 14.9. The minimum Gasteiger partial charge on any atom is -0.404 e. The molecule has 5 heterocycles. The average Bonchev–Trinajstić information content (AvgIpc) is 3.49. The maximum Gasteiger partial charge on any atom is 0.415 e. The van der Waals surface area contributed by atoms with Crippen molar-refractivity contribution >= 4 is 17.4 Å². The number of amides is 1. The summed E-state index contributed by atoms with van der Waals surface area (Å²) in [5.41, 5.74) is 5.20. The molecule has 0 N–H and O–H groups in total. The first-order valence-electron chi connectivity index (χ1n) is 14.9. The number of likely N-dealkylation sites (N-methyl/N-ethyl adjacent to an activating group) is 1. The van der Waals surface area contributed by atoms with Gasteiger partial charge in [-0.1, -0.05) is 30.3 Å². The van der Waals surface area contributed by atoms with Gasteiger partial charge in [-0.2, -0.15) is 0 Å². The number of nitrogens with zero attached hydrogens (tertiary/aromatic N) is 5. The van der Waals surface area contributed by atoms with Gasteiger partial charge in [0, 0.05) is 62.0 Å². The van der Waals surface area contributed by atoms with Gasteiger partial charge in [-0.15, -0.1) is 11.3 Å². The number of morpholine rings is 1. The van der Waals surface area contributed by atoms with Gasteiger partial charge in [-0.3, -0.25) is 19.4 Å². The Labute approximate surface area is 258 Å². The molecule has 4 aromatic rings. The summed E-state index contributed by atoms with van der Waals surface area (Å²) < 4.78 is 28.9. The van der Waals surface area contributed by atoms with E-state index in [4.69, 9.17) is 9.47 Å². The van der Waals surface area contributed by atoms with Crippen molar-refractivity contribution in [1.82, 2.24) is 19.4 Å². The minimum atomic E-state index is -0.509. The maximum atomic E-state index is 14.9. The number of hydrogen-bond donors (Lipinski definition) is 0. The zero-order valence-electron chi connectivity index (χ0n) is 24.3. The van der Waals surface area contributed by atoms with Gasteiger partial charge >= 0.3 is 6.09 Å². The predicted molar refractivity (Wildman–Crippen MR) is 166 cm³/mol. The van der Waals surface area contributed by atoms with Crippen molar-refractivity contribution in [1.29, 1.82) is 0 Å². The number of piperazine rings is 1. The second-order valence-electron chi connectivity index (χ2n) is 11.7. The molecule has 2 atom stereocenters. The summed E-state index contributed by atoms with van der Waals surface area (Å²) in [7, 11) is 2.02. The van der Waals surface area contributed by atoms with E-state index in [0.29, 0.717) is 45.1 Å². The zero-order chi connectivity index (χ0) is 29.9. The van der Waals surface area contributed by atoms with Crippen LogP contribution in [0.5, 0.6) is 5.75 Å². The Kier molecular flexibility index (Phi) is 6.78. The van der Waals surface area contributed by atoms with Crippen LogP contribution in [0.25, 0.3) is 21.6 Å². The summed E-state index contributed by atoms with van der Waals surface area (Å²) in [5.74, 6) is -0.249. The lowest BCUT2D eigenvalue weighted by molar-refractivity contribution is -0.0360. The second-order valence-corrected chi connectivity index (χ2v) is 12.7. The van der Waals surface area contributed by atoms with Gasteiger partial charge in [0.1, 0.15) is 17.7 Å². The standard InChI is InChI=1S/C33H32FN5O4S/c1-35-11-13-36(14-12-35)33(41)43-31-27-19-37-15-16-42-20-29(37)39(38(27)10-8-28(31)40)30-22-4-2-3-5-24(22)32-25(9-17-44-32)26-18-21(34)6-7-23(26)30/h2-10,17-18,29-30H,11-16,19-20H2,1H3/t29-,30?/m1/s1. The Morgan fingerprint density at radius 2 is 1.80 bits per heavy atom. The topological polar surface area (TPSA) is 70.5 Å². The molecule has 0 spiro atoms. The number of fused-ring (bicyclic) bond motifs is 7. The first kappa shape index (κ1) is 27.5. The molecule has 2 aromatic carbocycles. The third kappa shape index (κ3) is 4.45. The van der Waals surface area contributed by atoms with Crippen molar-refractivity contribution in [3.63, 3.8) is 0 Å². The number of carbonyl (C=O) groups is 1. The summed E-state index contributed by atoms with van der Waals surface area (Å²) >= 11 is 1.64. The van der Waals surface area contributed by atoms with Crippen molar-refractivity contribution in [2.24, 2.45) is 0 Å². The minimum absolute atomic E-state index is 0.0479. The van der Waals surface area contributed by atoms with Crippen LogP contribution in [0.2, 0.25) is 0 Å². The Hall–Kier alpha value is -4.03. The molecule has 9 nitrogen and oxygen atoms in total. The fourth-order valence-electron chi connectivity index (χ4n) is 6.97. The van der Waals surface area contributed by atoms with Gasteiger partial charge in [0.2, 0.25) is 11.2 Å². The lowest BCUT2D eigenvalue weighted by atomic mass is 9.92. The number of ether oxygens (including phenoxy) is 2. The van der Waals surface area contributed by atoms with Crippen LogP contribution in [0.15, 0.2) is 71.0 Å². The van der Waals surface area contributed by atoms with E-state index in [1.165, 1.54) is 12.1 Å². The van der Waals surface area contributed by atoms with E-state index < -0.39 is 6.09 Å². The van der Waals surface area contributed by atoms with Crippen LogP contribution in [0.3, 0.4) is 0 Å². The third-order valence-electron chi connectivity index (χ3n) is 9.23. The molecule has 0 radical (unpaired) electrons. The van der Waals surface area contributed by atoms with Crippen molar-refractivity contribution in [2.75, 3.05) is 58.0 Å². The Balaban J connectivity index is 1.31. The van der Waals surface area contributed by atoms with Crippen LogP contribution >= 0.6 is 11.3 Å². The summed E-state index contributed by atoms with van der Waals surface area (Å²) in [6, 6.07) is 16.5. The number of hydrogen-bond acceptors (Lipinski definition) is 8. The van der Waals surface area contributed by atoms with E-state index in [-0.39, 0.29) is 29.2 Å². The second kappa shape index (κ2) is 10.8. The van der Waals surface area contributed by atoms with Crippen LogP contribution in [0.4, 0.5) is 9.18 Å². The highest BCUT2D eigenvalue weighted by atomic mass is 32.1. The van der Waals surface area contributed by atoms with Gasteiger partial charge in [0.15, 0.2) is 0 Å². The van der Waals surface area contributed by atoms with E-state index in [1.807, 2.05) is 29.9 Å². The first-order valence-corrected chi connectivity index (χ1v) is 15.8. The molecule has 1 amide bonds. The summed E-state index contributed by atoms with van der Waals surface area (Å²) in [6.07, 6.45) is 1.07. The molecule has 2 fully saturated rings. The summed E-state index contributed by atoms with van der Waals surface area (Å²) in [6.45, 7) is 4.64. The zero-order valence-corrected chi connectivity index (χ0v) is 25.1. The predicted octanol–water partition coefficient (Wildman–Crippen LogP) is 4.34. The molecule has 3 aliphatic heterocycles. The molecule has 2 aromatic heterocycles. The van der Waals surface area contributed by atoms with E-state index in [2.05, 4.69) is 38.4 Å². The Morgan fingerprint density at radius 3 is 2.66 bits per heavy atom. The molecule has 44 heavy (non-hydrogen) atoms. The molecular weight excluding hydrogens is 581 g/mol. The number of aromatic nitrogens is 1. The molecule has 2 saturated heterocycles. The van der Waals surface area contributed by atoms with Crippen LogP contribution < -0.4 is 15.2 Å². The number of pyridine rings is 1. The quantitative estimate of drug-likeness (QED) is 0.333. The van der Waals surface area contributed by atoms with Crippen LogP contribution in [0, 0.1) is 5.82 Å². The third-order valence-corrected chi connectivity index (χ3v) is 10.2. The molecular formula is C33H32FN5O4S. The molecule has 0 bridgehead atoms. The Morgan fingerprint density at radius 1 is 0.977 bits per heavy atom. The lowest BCUT2D eigenvalue weighted by Crippen LogP contribution is -2.64. The highest BCUT2D eigenvalue weighted by Crippen LogP contribution is 2.50. The molecule has 8 rings (SSSR count). The molecule has 226 valence electrons. The van der Waals surface area contributed by atoms with Gasteiger partial charge in [-0.05, 0) is 52.9 Å². The summed E-state index contributed by atoms with van der Waals surface area (Å²) in [5, 5.41) is 4.27. The van der Waals surface area contributed by atoms with E-state index in [1.54, 1.807) is 28.5 Å². The van der Waals surface area contributed by atoms with E-state index in [0.717, 1.165) is 45.8 Å². The van der Waals surface area contributed by atoms with Crippen molar-refractivity contribution < 1.29 is 18.7 Å². The number of thiophene rings is 1. The van der Waals surface area contributed by atoms with Crippen molar-refractivity contribution in [3.05, 3.63) is 99.0 Å². The van der Waals surface area contributed by atoms with Crippen LogP contribution in [-0.4, -0.2) is 84.6 Å². The van der Waals surface area contributed by atoms with Crippen LogP contribution in [0.1, 0.15) is 22.9 Å². The van der Waals surface area contributed by atoms with Gasteiger partial charge in [-0.25, -0.2) is 9.18 Å². The van der Waals surface area contributed by atoms with Gasteiger partial charge < -0.3 is 19.3 Å². The fraction of sp³-hybridized carbons (Fsp3) is 0.333. The van der Waals surface area contributed by atoms with Crippen molar-refractivity contribution in [3.8, 4) is 27.3 Å². The highest BCUT2D eigenvalue weighted by molar-refractivity contribution is 7.14. The largest absolute Gasteiger partial charge is 0.415 e. The van der Waals surface area contributed by atoms with Gasteiger partial charge in [0.05, 0.1) is 19.3 Å². The lowest BCUT2D eigenvalue weighted by Gasteiger charge is -2.52. The highest BCUT2D eigenvalue weighted by Gasteiger charge is 2.43. The molecule has 4 aliphatic rings. The monoisotopic (exact) mass is 613 g/mol. The van der Waals surface area contributed by atoms with Gasteiger partial charge in [0.25, 0.3) is 0 Å². The van der Waals surface area contributed by atoms with Crippen LogP contribution in [-0.2, 0) is 11.3 Å². The first-order chi connectivity index (χ1) is 21.5. The smallest absolute Gasteiger partial charge is 0.404 e. The Bertz CT molecular complexity index is 1820. The molecule has 1 unspecified atom stereocenters. The normalized spacial score (nSPS) is 21.4. The number of rotatable bonds is 2. The number of carbonyl (C=O) groups excluding carboxylic acids is 1. The molecule has 1 aliphatic carbocycles. The molecule has 11 heteroatoms. The SMILES string of the molecule is CN1CCN(C(=O)Oc2c3n(ccc2=O)N(C2c4ccc(F)cc4-c4ccsc4-c4ccccc42)[C@@H]2COCCN2C3)CC1. The van der Waals surface area contributed by atoms with Crippen molar-refractivity contribution in [2.45, 2.75) is 18.8 Å². The molecule has 0 saturated carbocycles. The summed E-state index contributed by atoms with van der Waals surface area (Å²) in [4.78, 5) is 33.9. The average molecular weight is 614 g/mol. The fourth-order valence-corrected chi connectivity index (χ4v) is 7.93. The number of benzene rings is 2. The van der Waals surface area contributed by atoms with E-state index in [9.17, 15) is 14.0 Å². The van der Waals surface area contributed by atoms with E-state index >= 15 is 0 Å².